The molecular weight excluding hydrogens is 216 g/mol. The maximum absolute atomic E-state index is 11.2. The summed E-state index contributed by atoms with van der Waals surface area (Å²) in [6.07, 6.45) is 7.29. The fraction of sp³-hybridized carbons (Fsp3) is 0.385. The van der Waals surface area contributed by atoms with Crippen LogP contribution in [0.1, 0.15) is 36.8 Å². The Bertz CT molecular complexity index is 451. The molecule has 1 fully saturated rings. The van der Waals surface area contributed by atoms with Crippen molar-refractivity contribution in [2.75, 3.05) is 12.3 Å². The molecule has 0 aromatic carbocycles. The largest absolute Gasteiger partial charge is 0.463 e. The van der Waals surface area contributed by atoms with Crippen LogP contribution in [0.4, 0.5) is 5.82 Å². The van der Waals surface area contributed by atoms with Crippen molar-refractivity contribution in [3.05, 3.63) is 29.5 Å². The van der Waals surface area contributed by atoms with Crippen LogP contribution >= 0.6 is 0 Å². The van der Waals surface area contributed by atoms with Crippen molar-refractivity contribution >= 4 is 17.9 Å². The van der Waals surface area contributed by atoms with Crippen molar-refractivity contribution < 1.29 is 9.53 Å². The van der Waals surface area contributed by atoms with Gasteiger partial charge in [-0.3, -0.25) is 0 Å². The van der Waals surface area contributed by atoms with E-state index in [4.69, 9.17) is 10.5 Å². The summed E-state index contributed by atoms with van der Waals surface area (Å²) in [6.45, 7) is 2.15. The summed E-state index contributed by atoms with van der Waals surface area (Å²) in [5.74, 6) is 0.705. The van der Waals surface area contributed by atoms with Gasteiger partial charge >= 0.3 is 5.97 Å². The molecule has 2 rings (SSSR count). The highest BCUT2D eigenvalue weighted by molar-refractivity contribution is 5.88. The molecule has 0 saturated heterocycles. The van der Waals surface area contributed by atoms with Gasteiger partial charge in [0.25, 0.3) is 0 Å². The van der Waals surface area contributed by atoms with Gasteiger partial charge in [-0.15, -0.1) is 0 Å². The maximum Gasteiger partial charge on any atom is 0.330 e. The molecule has 1 aromatic rings. The molecule has 0 aliphatic heterocycles. The minimum atomic E-state index is -0.358. The average molecular weight is 232 g/mol. The van der Waals surface area contributed by atoms with Crippen LogP contribution in [0, 0.1) is 0 Å². The number of rotatable bonds is 4. The van der Waals surface area contributed by atoms with E-state index in [0.29, 0.717) is 18.3 Å². The van der Waals surface area contributed by atoms with Crippen LogP contribution in [0.25, 0.3) is 6.08 Å². The highest BCUT2D eigenvalue weighted by atomic mass is 16.5. The second-order valence-corrected chi connectivity index (χ2v) is 4.10. The molecule has 17 heavy (non-hydrogen) atoms. The lowest BCUT2D eigenvalue weighted by Crippen LogP contribution is -2.00. The topological polar surface area (TPSA) is 65.2 Å². The Labute approximate surface area is 100 Å². The Balaban J connectivity index is 2.13. The number of ether oxygens (including phenoxy) is 1. The molecule has 0 bridgehead atoms. The van der Waals surface area contributed by atoms with Crippen LogP contribution < -0.4 is 5.73 Å². The summed E-state index contributed by atoms with van der Waals surface area (Å²) in [5.41, 5.74) is 7.73. The van der Waals surface area contributed by atoms with Crippen LogP contribution in [0.3, 0.4) is 0 Å². The number of pyridine rings is 1. The molecule has 0 amide bonds. The van der Waals surface area contributed by atoms with Gasteiger partial charge in [0.15, 0.2) is 0 Å². The van der Waals surface area contributed by atoms with Gasteiger partial charge in [0, 0.05) is 17.8 Å². The Morgan fingerprint density at radius 2 is 2.41 bits per heavy atom. The number of carbonyl (C=O) groups excluding carboxylic acids is 1. The zero-order chi connectivity index (χ0) is 12.3. The molecule has 1 heterocycles. The zero-order valence-electron chi connectivity index (χ0n) is 9.85. The van der Waals surface area contributed by atoms with Crippen LogP contribution in [0.2, 0.25) is 0 Å². The smallest absolute Gasteiger partial charge is 0.330 e. The predicted octanol–water partition coefficient (Wildman–Crippen LogP) is 2.12. The van der Waals surface area contributed by atoms with Crippen molar-refractivity contribution in [3.63, 3.8) is 0 Å². The lowest BCUT2D eigenvalue weighted by molar-refractivity contribution is -0.137. The number of nitrogen functional groups attached to an aromatic ring is 1. The first-order valence-electron chi connectivity index (χ1n) is 5.81. The van der Waals surface area contributed by atoms with Gasteiger partial charge < -0.3 is 10.5 Å². The summed E-state index contributed by atoms with van der Waals surface area (Å²) >= 11 is 0. The highest BCUT2D eigenvalue weighted by Crippen LogP contribution is 2.40. The molecule has 1 aliphatic carbocycles. The van der Waals surface area contributed by atoms with Crippen molar-refractivity contribution in [2.45, 2.75) is 25.7 Å². The molecule has 0 unspecified atom stereocenters. The minimum absolute atomic E-state index is 0.358. The summed E-state index contributed by atoms with van der Waals surface area (Å²) in [5, 5.41) is 0. The van der Waals surface area contributed by atoms with Crippen molar-refractivity contribution in [1.29, 1.82) is 0 Å². The lowest BCUT2D eigenvalue weighted by Gasteiger charge is -2.03. The quantitative estimate of drug-likeness (QED) is 0.638. The molecule has 0 radical (unpaired) electrons. The Morgan fingerprint density at radius 3 is 3.06 bits per heavy atom. The first-order chi connectivity index (χ1) is 8.20. The van der Waals surface area contributed by atoms with Gasteiger partial charge in [-0.1, -0.05) is 0 Å². The number of aromatic nitrogens is 1. The molecule has 90 valence electrons. The number of hydrogen-bond acceptors (Lipinski definition) is 4. The number of hydrogen-bond donors (Lipinski definition) is 1. The molecule has 0 spiro atoms. The number of carbonyl (C=O) groups is 1. The number of nitrogens with two attached hydrogens (primary N) is 1. The van der Waals surface area contributed by atoms with Crippen LogP contribution in [-0.4, -0.2) is 17.6 Å². The van der Waals surface area contributed by atoms with Gasteiger partial charge in [-0.2, -0.15) is 0 Å². The Morgan fingerprint density at radius 1 is 1.65 bits per heavy atom. The van der Waals surface area contributed by atoms with E-state index in [9.17, 15) is 4.79 Å². The maximum atomic E-state index is 11.2. The van der Waals surface area contributed by atoms with Crippen molar-refractivity contribution in [3.8, 4) is 0 Å². The van der Waals surface area contributed by atoms with Crippen LogP contribution in [0.5, 0.6) is 0 Å². The van der Waals surface area contributed by atoms with E-state index in [-0.39, 0.29) is 5.97 Å². The molecular formula is C13H16N2O2. The molecule has 1 aliphatic rings. The fourth-order valence-corrected chi connectivity index (χ4v) is 1.63. The Kier molecular flexibility index (Phi) is 3.42. The minimum Gasteiger partial charge on any atom is -0.463 e. The summed E-state index contributed by atoms with van der Waals surface area (Å²) < 4.78 is 4.81. The first-order valence-corrected chi connectivity index (χ1v) is 5.81. The van der Waals surface area contributed by atoms with E-state index in [1.807, 2.05) is 12.3 Å². The highest BCUT2D eigenvalue weighted by Gasteiger charge is 2.24. The number of nitrogens with zero attached hydrogens (tertiary/aromatic N) is 1. The normalized spacial score (nSPS) is 15.1. The van der Waals surface area contributed by atoms with E-state index in [1.165, 1.54) is 24.5 Å². The van der Waals surface area contributed by atoms with Crippen molar-refractivity contribution in [1.82, 2.24) is 4.98 Å². The van der Waals surface area contributed by atoms with Gasteiger partial charge in [0.2, 0.25) is 0 Å². The van der Waals surface area contributed by atoms with E-state index in [0.717, 1.165) is 5.56 Å². The molecule has 4 heteroatoms. The van der Waals surface area contributed by atoms with E-state index in [1.54, 1.807) is 13.0 Å². The summed E-state index contributed by atoms with van der Waals surface area (Å²) in [4.78, 5) is 15.3. The third-order valence-electron chi connectivity index (χ3n) is 2.70. The van der Waals surface area contributed by atoms with Crippen LogP contribution in [0.15, 0.2) is 18.3 Å². The molecule has 0 atom stereocenters. The third-order valence-corrected chi connectivity index (χ3v) is 2.70. The SMILES string of the molecule is CCOC(=O)/C=C/c1cc(C2CC2)cnc1N. The summed E-state index contributed by atoms with van der Waals surface area (Å²) in [7, 11) is 0. The zero-order valence-corrected chi connectivity index (χ0v) is 9.85. The standard InChI is InChI=1S/C13H16N2O2/c1-2-17-12(16)6-5-10-7-11(9-3-4-9)8-15-13(10)14/h5-9H,2-4H2,1H3,(H2,14,15)/b6-5+. The van der Waals surface area contributed by atoms with Gasteiger partial charge in [0.1, 0.15) is 5.82 Å². The first kappa shape index (κ1) is 11.6. The van der Waals surface area contributed by atoms with Gasteiger partial charge in [-0.25, -0.2) is 9.78 Å². The number of anilines is 1. The summed E-state index contributed by atoms with van der Waals surface area (Å²) in [6, 6.07) is 2.00. The number of esters is 1. The predicted molar refractivity (Wildman–Crippen MR) is 66.3 cm³/mol. The third kappa shape index (κ3) is 3.06. The van der Waals surface area contributed by atoms with E-state index >= 15 is 0 Å². The molecule has 1 saturated carbocycles. The average Bonchev–Trinajstić information content (AvgIpc) is 3.12. The monoisotopic (exact) mass is 232 g/mol. The molecule has 2 N–H and O–H groups in total. The lowest BCUT2D eigenvalue weighted by atomic mass is 10.1. The second-order valence-electron chi connectivity index (χ2n) is 4.10. The Hall–Kier alpha value is -1.84. The van der Waals surface area contributed by atoms with E-state index in [2.05, 4.69) is 4.98 Å². The van der Waals surface area contributed by atoms with Gasteiger partial charge in [0.05, 0.1) is 6.61 Å². The fourth-order valence-electron chi connectivity index (χ4n) is 1.63. The van der Waals surface area contributed by atoms with E-state index < -0.39 is 0 Å². The van der Waals surface area contributed by atoms with Crippen LogP contribution in [-0.2, 0) is 9.53 Å². The van der Waals surface area contributed by atoms with Crippen molar-refractivity contribution in [2.24, 2.45) is 0 Å². The molecule has 1 aromatic heterocycles. The van der Waals surface area contributed by atoms with Gasteiger partial charge in [-0.05, 0) is 43.4 Å². The second kappa shape index (κ2) is 4.99. The molecule has 4 nitrogen and oxygen atoms in total.